The van der Waals surface area contributed by atoms with Crippen LogP contribution >= 0.6 is 0 Å². The summed E-state index contributed by atoms with van der Waals surface area (Å²) in [5.74, 6) is -0.188. The lowest BCUT2D eigenvalue weighted by Crippen LogP contribution is -2.34. The van der Waals surface area contributed by atoms with Crippen LogP contribution in [-0.2, 0) is 16.0 Å². The van der Waals surface area contributed by atoms with E-state index in [2.05, 4.69) is 10.6 Å². The Labute approximate surface area is 111 Å². The molecule has 0 aliphatic rings. The van der Waals surface area contributed by atoms with Crippen molar-refractivity contribution in [2.45, 2.75) is 13.3 Å². The number of benzene rings is 1. The molecule has 0 radical (unpaired) electrons. The lowest BCUT2D eigenvalue weighted by atomic mass is 10.1. The molecule has 2 amide bonds. The van der Waals surface area contributed by atoms with Crippen molar-refractivity contribution in [1.29, 1.82) is 0 Å². The molecule has 2 N–H and O–H groups in total. The Balaban J connectivity index is 1.87. The van der Waals surface area contributed by atoms with E-state index in [9.17, 15) is 9.59 Å². The van der Waals surface area contributed by atoms with E-state index in [-0.39, 0.29) is 18.2 Å². The Kier molecular flexibility index (Phi) is 4.18. The Morgan fingerprint density at radius 3 is 2.68 bits per heavy atom. The van der Waals surface area contributed by atoms with Gasteiger partial charge in [-0.1, -0.05) is 18.2 Å². The SMILES string of the molecule is CC(=O)NCCNC(=O)Cc1coc2ccccc12. The average Bonchev–Trinajstić information content (AvgIpc) is 2.78. The summed E-state index contributed by atoms with van der Waals surface area (Å²) < 4.78 is 5.37. The smallest absolute Gasteiger partial charge is 0.224 e. The second-order valence-electron chi connectivity index (χ2n) is 4.27. The third kappa shape index (κ3) is 3.58. The molecule has 1 aromatic carbocycles. The van der Waals surface area contributed by atoms with Gasteiger partial charge in [0.05, 0.1) is 12.7 Å². The Morgan fingerprint density at radius 1 is 1.16 bits per heavy atom. The third-order valence-electron chi connectivity index (χ3n) is 2.73. The minimum atomic E-state index is -0.102. The van der Waals surface area contributed by atoms with Gasteiger partial charge >= 0.3 is 0 Å². The number of carbonyl (C=O) groups excluding carboxylic acids is 2. The number of rotatable bonds is 5. The Hall–Kier alpha value is -2.30. The molecule has 1 aromatic heterocycles. The number of carbonyl (C=O) groups is 2. The maximum absolute atomic E-state index is 11.7. The van der Waals surface area contributed by atoms with Crippen molar-refractivity contribution in [2.75, 3.05) is 13.1 Å². The number of fused-ring (bicyclic) bond motifs is 1. The normalized spacial score (nSPS) is 10.4. The standard InChI is InChI=1S/C14H16N2O3/c1-10(17)15-6-7-16-14(18)8-11-9-19-13-5-3-2-4-12(11)13/h2-5,9H,6-8H2,1H3,(H,15,17)(H,16,18). The summed E-state index contributed by atoms with van der Waals surface area (Å²) in [6.45, 7) is 2.31. The second-order valence-corrected chi connectivity index (χ2v) is 4.27. The fourth-order valence-electron chi connectivity index (χ4n) is 1.85. The predicted octanol–water partition coefficient (Wildman–Crippen LogP) is 1.23. The largest absolute Gasteiger partial charge is 0.464 e. The molecule has 0 spiro atoms. The van der Waals surface area contributed by atoms with E-state index in [1.165, 1.54) is 6.92 Å². The van der Waals surface area contributed by atoms with Crippen molar-refractivity contribution in [3.05, 3.63) is 36.1 Å². The highest BCUT2D eigenvalue weighted by atomic mass is 16.3. The van der Waals surface area contributed by atoms with Crippen LogP contribution in [0.25, 0.3) is 11.0 Å². The summed E-state index contributed by atoms with van der Waals surface area (Å²) in [5, 5.41) is 6.32. The van der Waals surface area contributed by atoms with Crippen LogP contribution in [0.15, 0.2) is 34.9 Å². The maximum Gasteiger partial charge on any atom is 0.224 e. The van der Waals surface area contributed by atoms with Gasteiger partial charge in [0, 0.05) is 31.0 Å². The van der Waals surface area contributed by atoms with Crippen molar-refractivity contribution in [2.24, 2.45) is 0 Å². The molecule has 0 fully saturated rings. The number of furan rings is 1. The fraction of sp³-hybridized carbons (Fsp3) is 0.286. The van der Waals surface area contributed by atoms with Crippen molar-refractivity contribution in [3.8, 4) is 0 Å². The summed E-state index contributed by atoms with van der Waals surface area (Å²) in [6.07, 6.45) is 1.88. The van der Waals surface area contributed by atoms with Crippen LogP contribution in [0, 0.1) is 0 Å². The van der Waals surface area contributed by atoms with E-state index >= 15 is 0 Å². The van der Waals surface area contributed by atoms with Crippen molar-refractivity contribution in [1.82, 2.24) is 10.6 Å². The fourth-order valence-corrected chi connectivity index (χ4v) is 1.85. The highest BCUT2D eigenvalue weighted by Gasteiger charge is 2.09. The first-order valence-electron chi connectivity index (χ1n) is 6.13. The third-order valence-corrected chi connectivity index (χ3v) is 2.73. The molecule has 0 bridgehead atoms. The predicted molar refractivity (Wildman–Crippen MR) is 71.6 cm³/mol. The molecule has 19 heavy (non-hydrogen) atoms. The van der Waals surface area contributed by atoms with E-state index in [4.69, 9.17) is 4.42 Å². The van der Waals surface area contributed by atoms with Crippen LogP contribution in [-0.4, -0.2) is 24.9 Å². The van der Waals surface area contributed by atoms with Gasteiger partial charge in [0.25, 0.3) is 0 Å². The molecule has 1 heterocycles. The average molecular weight is 260 g/mol. The van der Waals surface area contributed by atoms with Gasteiger partial charge in [-0.25, -0.2) is 0 Å². The summed E-state index contributed by atoms with van der Waals surface area (Å²) in [7, 11) is 0. The first kappa shape index (κ1) is 13.1. The Morgan fingerprint density at radius 2 is 1.89 bits per heavy atom. The summed E-state index contributed by atoms with van der Waals surface area (Å²) in [5.41, 5.74) is 1.65. The summed E-state index contributed by atoms with van der Waals surface area (Å²) >= 11 is 0. The highest BCUT2D eigenvalue weighted by Crippen LogP contribution is 2.20. The van der Waals surface area contributed by atoms with Crippen molar-refractivity contribution < 1.29 is 14.0 Å². The molecule has 2 aromatic rings. The van der Waals surface area contributed by atoms with Gasteiger partial charge in [-0.05, 0) is 6.07 Å². The first-order chi connectivity index (χ1) is 9.16. The molecule has 100 valence electrons. The topological polar surface area (TPSA) is 71.3 Å². The van der Waals surface area contributed by atoms with E-state index in [1.54, 1.807) is 6.26 Å². The van der Waals surface area contributed by atoms with Gasteiger partial charge in [-0.3, -0.25) is 9.59 Å². The van der Waals surface area contributed by atoms with Crippen molar-refractivity contribution >= 4 is 22.8 Å². The molecule has 2 rings (SSSR count). The number of amides is 2. The quantitative estimate of drug-likeness (QED) is 0.794. The molecular weight excluding hydrogens is 244 g/mol. The monoisotopic (exact) mass is 260 g/mol. The van der Waals surface area contributed by atoms with Gasteiger partial charge in [-0.15, -0.1) is 0 Å². The van der Waals surface area contributed by atoms with Crippen LogP contribution in [0.2, 0.25) is 0 Å². The van der Waals surface area contributed by atoms with Gasteiger partial charge in [0.2, 0.25) is 11.8 Å². The van der Waals surface area contributed by atoms with Gasteiger partial charge in [0.1, 0.15) is 5.58 Å². The number of nitrogens with one attached hydrogen (secondary N) is 2. The zero-order valence-corrected chi connectivity index (χ0v) is 10.7. The lowest BCUT2D eigenvalue weighted by molar-refractivity contribution is -0.121. The minimum absolute atomic E-state index is 0.0862. The summed E-state index contributed by atoms with van der Waals surface area (Å²) in [6, 6.07) is 7.60. The van der Waals surface area contributed by atoms with Gasteiger partial charge in [-0.2, -0.15) is 0 Å². The number of para-hydroxylation sites is 1. The molecule has 5 heteroatoms. The molecule has 0 atom stereocenters. The minimum Gasteiger partial charge on any atom is -0.464 e. The van der Waals surface area contributed by atoms with E-state index < -0.39 is 0 Å². The van der Waals surface area contributed by atoms with Crippen LogP contribution in [0.1, 0.15) is 12.5 Å². The zero-order chi connectivity index (χ0) is 13.7. The van der Waals surface area contributed by atoms with Gasteiger partial charge < -0.3 is 15.1 Å². The van der Waals surface area contributed by atoms with Crippen LogP contribution in [0.5, 0.6) is 0 Å². The van der Waals surface area contributed by atoms with Crippen LogP contribution < -0.4 is 10.6 Å². The number of hydrogen-bond donors (Lipinski definition) is 2. The zero-order valence-electron chi connectivity index (χ0n) is 10.7. The van der Waals surface area contributed by atoms with E-state index in [0.29, 0.717) is 13.1 Å². The number of hydrogen-bond acceptors (Lipinski definition) is 3. The van der Waals surface area contributed by atoms with E-state index in [1.807, 2.05) is 24.3 Å². The molecule has 5 nitrogen and oxygen atoms in total. The summed E-state index contributed by atoms with van der Waals surface area (Å²) in [4.78, 5) is 22.4. The van der Waals surface area contributed by atoms with Crippen LogP contribution in [0.4, 0.5) is 0 Å². The molecule has 0 unspecified atom stereocenters. The van der Waals surface area contributed by atoms with E-state index in [0.717, 1.165) is 16.5 Å². The second kappa shape index (κ2) is 6.04. The van der Waals surface area contributed by atoms with Crippen LogP contribution in [0.3, 0.4) is 0 Å². The molecular formula is C14H16N2O3. The first-order valence-corrected chi connectivity index (χ1v) is 6.13. The highest BCUT2D eigenvalue weighted by molar-refractivity contribution is 5.87. The molecule has 0 saturated heterocycles. The van der Waals surface area contributed by atoms with Crippen molar-refractivity contribution in [3.63, 3.8) is 0 Å². The Bertz CT molecular complexity index is 589. The molecule has 0 aliphatic carbocycles. The maximum atomic E-state index is 11.7. The molecule has 0 saturated carbocycles. The lowest BCUT2D eigenvalue weighted by Gasteiger charge is -2.04. The van der Waals surface area contributed by atoms with Gasteiger partial charge in [0.15, 0.2) is 0 Å². The molecule has 0 aliphatic heterocycles.